The molecule has 5 nitrogen and oxygen atoms in total. The molecule has 20 heavy (non-hydrogen) atoms. The molecular weight excluding hydrogens is 256 g/mol. The van der Waals surface area contributed by atoms with Gasteiger partial charge in [-0.05, 0) is 37.0 Å². The van der Waals surface area contributed by atoms with Gasteiger partial charge in [0.1, 0.15) is 5.69 Å². The number of nitrogens with one attached hydrogen (secondary N) is 1. The summed E-state index contributed by atoms with van der Waals surface area (Å²) in [5.41, 5.74) is 1.62. The first-order chi connectivity index (χ1) is 9.58. The Kier molecular flexibility index (Phi) is 7.01. The molecule has 1 aromatic carbocycles. The zero-order chi connectivity index (χ0) is 15.0. The summed E-state index contributed by atoms with van der Waals surface area (Å²) in [7, 11) is 0. The molecule has 1 aromatic rings. The topological polar surface area (TPSA) is 64.4 Å². The predicted molar refractivity (Wildman–Crippen MR) is 81.0 cm³/mol. The molecule has 0 saturated heterocycles. The number of hydrogen-bond donors (Lipinski definition) is 1. The van der Waals surface area contributed by atoms with Gasteiger partial charge in [0.15, 0.2) is 0 Å². The number of anilines is 1. The summed E-state index contributed by atoms with van der Waals surface area (Å²) in [5.74, 6) is 0.547. The molecule has 0 heterocycles. The second-order valence-corrected chi connectivity index (χ2v) is 5.05. The minimum Gasteiger partial charge on any atom is -0.380 e. The van der Waals surface area contributed by atoms with Crippen molar-refractivity contribution in [2.75, 3.05) is 18.5 Å². The summed E-state index contributed by atoms with van der Waals surface area (Å²) < 4.78 is 5.67. The van der Waals surface area contributed by atoms with Gasteiger partial charge in [-0.3, -0.25) is 10.1 Å². The highest BCUT2D eigenvalue weighted by Gasteiger charge is 2.13. The summed E-state index contributed by atoms with van der Waals surface area (Å²) in [5, 5.41) is 13.9. The van der Waals surface area contributed by atoms with Crippen LogP contribution in [0, 0.1) is 16.0 Å². The Morgan fingerprint density at radius 3 is 2.75 bits per heavy atom. The molecule has 112 valence electrons. The van der Waals surface area contributed by atoms with Crippen molar-refractivity contribution < 1.29 is 9.66 Å². The maximum atomic E-state index is 10.9. The van der Waals surface area contributed by atoms with Gasteiger partial charge < -0.3 is 10.1 Å². The Hall–Kier alpha value is -1.62. The molecular formula is C15H24N2O3. The van der Waals surface area contributed by atoms with Gasteiger partial charge in [0.05, 0.1) is 11.5 Å². The number of rotatable bonds is 9. The summed E-state index contributed by atoms with van der Waals surface area (Å²) in [6.45, 7) is 8.11. The van der Waals surface area contributed by atoms with Gasteiger partial charge in [0, 0.05) is 19.2 Å². The third-order valence-electron chi connectivity index (χ3n) is 3.08. The van der Waals surface area contributed by atoms with Gasteiger partial charge in [-0.1, -0.05) is 20.3 Å². The van der Waals surface area contributed by atoms with Crippen LogP contribution in [0.25, 0.3) is 0 Å². The van der Waals surface area contributed by atoms with E-state index in [1.807, 2.05) is 6.92 Å². The van der Waals surface area contributed by atoms with Gasteiger partial charge >= 0.3 is 0 Å². The lowest BCUT2D eigenvalue weighted by molar-refractivity contribution is -0.384. The quantitative estimate of drug-likeness (QED) is 0.549. The van der Waals surface area contributed by atoms with Gasteiger partial charge in [-0.2, -0.15) is 0 Å². The van der Waals surface area contributed by atoms with Crippen LogP contribution in [0.2, 0.25) is 0 Å². The molecule has 1 N–H and O–H groups in total. The molecule has 1 unspecified atom stereocenters. The van der Waals surface area contributed by atoms with Crippen LogP contribution >= 0.6 is 0 Å². The average Bonchev–Trinajstić information content (AvgIpc) is 2.39. The minimum atomic E-state index is -0.369. The van der Waals surface area contributed by atoms with Crippen molar-refractivity contribution in [3.8, 4) is 0 Å². The SMILES string of the molecule is CCCC(C)COCc1ccc([N+](=O)[O-])c(NCC)c1. The fraction of sp³-hybridized carbons (Fsp3) is 0.600. The first-order valence-electron chi connectivity index (χ1n) is 7.17. The normalized spacial score (nSPS) is 12.2. The third-order valence-corrected chi connectivity index (χ3v) is 3.08. The van der Waals surface area contributed by atoms with E-state index in [1.54, 1.807) is 12.1 Å². The van der Waals surface area contributed by atoms with Gasteiger partial charge in [-0.15, -0.1) is 0 Å². The highest BCUT2D eigenvalue weighted by atomic mass is 16.6. The number of nitrogens with zero attached hydrogens (tertiary/aromatic N) is 1. The molecule has 1 rings (SSSR count). The van der Waals surface area contributed by atoms with Crippen molar-refractivity contribution in [3.63, 3.8) is 0 Å². The molecule has 0 bridgehead atoms. The van der Waals surface area contributed by atoms with Crippen molar-refractivity contribution in [3.05, 3.63) is 33.9 Å². The maximum absolute atomic E-state index is 10.9. The van der Waals surface area contributed by atoms with E-state index in [9.17, 15) is 10.1 Å². The molecule has 0 aliphatic heterocycles. The van der Waals surface area contributed by atoms with Gasteiger partial charge in [0.2, 0.25) is 0 Å². The Balaban J connectivity index is 2.62. The van der Waals surface area contributed by atoms with Crippen molar-refractivity contribution in [1.29, 1.82) is 0 Å². The number of hydrogen-bond acceptors (Lipinski definition) is 4. The standard InChI is InChI=1S/C15H24N2O3/c1-4-6-12(3)10-20-11-13-7-8-15(17(18)19)14(9-13)16-5-2/h7-9,12,16H,4-6,10-11H2,1-3H3. The van der Waals surface area contributed by atoms with Gasteiger partial charge in [-0.25, -0.2) is 0 Å². The smallest absolute Gasteiger partial charge is 0.292 e. The molecule has 0 spiro atoms. The molecule has 0 aliphatic rings. The average molecular weight is 280 g/mol. The van der Waals surface area contributed by atoms with Crippen LogP contribution in [-0.2, 0) is 11.3 Å². The number of nitro benzene ring substituents is 1. The second kappa shape index (κ2) is 8.53. The Bertz CT molecular complexity index is 435. The summed E-state index contributed by atoms with van der Waals surface area (Å²) in [4.78, 5) is 10.5. The van der Waals surface area contributed by atoms with E-state index in [4.69, 9.17) is 4.74 Å². The van der Waals surface area contributed by atoms with E-state index in [0.29, 0.717) is 24.8 Å². The highest BCUT2D eigenvalue weighted by molar-refractivity contribution is 5.62. The predicted octanol–water partition coefficient (Wildman–Crippen LogP) is 3.98. The number of ether oxygens (including phenoxy) is 1. The fourth-order valence-electron chi connectivity index (χ4n) is 2.12. The zero-order valence-corrected chi connectivity index (χ0v) is 12.5. The molecule has 0 fully saturated rings. The summed E-state index contributed by atoms with van der Waals surface area (Å²) in [6.07, 6.45) is 2.32. The highest BCUT2D eigenvalue weighted by Crippen LogP contribution is 2.25. The van der Waals surface area contributed by atoms with Crippen LogP contribution < -0.4 is 5.32 Å². The molecule has 0 aliphatic carbocycles. The molecule has 0 aromatic heterocycles. The van der Waals surface area contributed by atoms with E-state index in [2.05, 4.69) is 19.2 Å². The maximum Gasteiger partial charge on any atom is 0.292 e. The zero-order valence-electron chi connectivity index (χ0n) is 12.5. The van der Waals surface area contributed by atoms with E-state index in [0.717, 1.165) is 25.0 Å². The van der Waals surface area contributed by atoms with Crippen LogP contribution in [0.15, 0.2) is 18.2 Å². The van der Waals surface area contributed by atoms with E-state index >= 15 is 0 Å². The number of nitro groups is 1. The first kappa shape index (κ1) is 16.4. The van der Waals surface area contributed by atoms with E-state index in [-0.39, 0.29) is 10.6 Å². The number of benzene rings is 1. The minimum absolute atomic E-state index is 0.106. The summed E-state index contributed by atoms with van der Waals surface area (Å²) >= 11 is 0. The van der Waals surface area contributed by atoms with Gasteiger partial charge in [0.25, 0.3) is 5.69 Å². The lowest BCUT2D eigenvalue weighted by Crippen LogP contribution is -2.06. The van der Waals surface area contributed by atoms with Crippen molar-refractivity contribution in [2.24, 2.45) is 5.92 Å². The van der Waals surface area contributed by atoms with E-state index < -0.39 is 0 Å². The van der Waals surface area contributed by atoms with Crippen LogP contribution in [-0.4, -0.2) is 18.1 Å². The fourth-order valence-corrected chi connectivity index (χ4v) is 2.12. The largest absolute Gasteiger partial charge is 0.380 e. The Morgan fingerprint density at radius 1 is 1.40 bits per heavy atom. The van der Waals surface area contributed by atoms with Crippen molar-refractivity contribution in [2.45, 2.75) is 40.2 Å². The van der Waals surface area contributed by atoms with Crippen LogP contribution in [0.1, 0.15) is 39.2 Å². The van der Waals surface area contributed by atoms with Crippen LogP contribution in [0.5, 0.6) is 0 Å². The molecule has 0 saturated carbocycles. The monoisotopic (exact) mass is 280 g/mol. The molecule has 5 heteroatoms. The van der Waals surface area contributed by atoms with Crippen LogP contribution in [0.4, 0.5) is 11.4 Å². The Morgan fingerprint density at radius 2 is 2.15 bits per heavy atom. The Labute approximate surface area is 120 Å². The lowest BCUT2D eigenvalue weighted by atomic mass is 10.1. The molecule has 0 amide bonds. The lowest BCUT2D eigenvalue weighted by Gasteiger charge is -2.12. The molecule has 0 radical (unpaired) electrons. The van der Waals surface area contributed by atoms with Crippen molar-refractivity contribution >= 4 is 11.4 Å². The summed E-state index contributed by atoms with van der Waals surface area (Å²) in [6, 6.07) is 5.09. The van der Waals surface area contributed by atoms with E-state index in [1.165, 1.54) is 6.07 Å². The first-order valence-corrected chi connectivity index (χ1v) is 7.17. The van der Waals surface area contributed by atoms with Crippen molar-refractivity contribution in [1.82, 2.24) is 0 Å². The molecule has 1 atom stereocenters. The van der Waals surface area contributed by atoms with Crippen LogP contribution in [0.3, 0.4) is 0 Å². The second-order valence-electron chi connectivity index (χ2n) is 5.05. The third kappa shape index (κ3) is 5.17.